The van der Waals surface area contributed by atoms with Gasteiger partial charge in [0, 0.05) is 12.1 Å². The molecule has 5 nitrogen and oxygen atoms in total. The highest BCUT2D eigenvalue weighted by Gasteiger charge is 2.24. The summed E-state index contributed by atoms with van der Waals surface area (Å²) in [4.78, 5) is 12.0. The molecule has 1 amide bonds. The minimum absolute atomic E-state index is 0.104. The van der Waals surface area contributed by atoms with Crippen LogP contribution in [0, 0.1) is 18.6 Å². The lowest BCUT2D eigenvalue weighted by Crippen LogP contribution is -2.39. The molecular weight excluding hydrogens is 350 g/mol. The number of halogens is 2. The fraction of sp³-hybridized carbons (Fsp3) is 0.235. The van der Waals surface area contributed by atoms with E-state index in [1.807, 2.05) is 6.92 Å². The highest BCUT2D eigenvalue weighted by molar-refractivity contribution is 7.92. The lowest BCUT2D eigenvalue weighted by Gasteiger charge is -2.23. The minimum Gasteiger partial charge on any atom is -0.350 e. The van der Waals surface area contributed by atoms with Crippen molar-refractivity contribution < 1.29 is 22.0 Å². The predicted molar refractivity (Wildman–Crippen MR) is 92.1 cm³/mol. The summed E-state index contributed by atoms with van der Waals surface area (Å²) in [7, 11) is -3.93. The van der Waals surface area contributed by atoms with Crippen molar-refractivity contribution in [3.63, 3.8) is 0 Å². The number of nitrogens with zero attached hydrogens (tertiary/aromatic N) is 1. The topological polar surface area (TPSA) is 66.5 Å². The maximum atomic E-state index is 13.9. The van der Waals surface area contributed by atoms with Crippen LogP contribution in [0.15, 0.2) is 42.5 Å². The van der Waals surface area contributed by atoms with Gasteiger partial charge in [0.1, 0.15) is 5.69 Å². The van der Waals surface area contributed by atoms with Gasteiger partial charge in [0.15, 0.2) is 11.6 Å². The van der Waals surface area contributed by atoms with Crippen molar-refractivity contribution in [2.24, 2.45) is 0 Å². The van der Waals surface area contributed by atoms with E-state index < -0.39 is 33.3 Å². The van der Waals surface area contributed by atoms with Crippen molar-refractivity contribution in [1.82, 2.24) is 5.32 Å². The Morgan fingerprint density at radius 3 is 2.16 bits per heavy atom. The van der Waals surface area contributed by atoms with Crippen LogP contribution in [0.2, 0.25) is 0 Å². The molecule has 0 aromatic heterocycles. The van der Waals surface area contributed by atoms with Crippen molar-refractivity contribution >= 4 is 21.6 Å². The van der Waals surface area contributed by atoms with Crippen LogP contribution in [0.25, 0.3) is 0 Å². The summed E-state index contributed by atoms with van der Waals surface area (Å²) in [5.74, 6) is -2.38. The van der Waals surface area contributed by atoms with Gasteiger partial charge in [-0.1, -0.05) is 23.8 Å². The van der Waals surface area contributed by atoms with E-state index in [1.54, 1.807) is 24.3 Å². The molecule has 25 heavy (non-hydrogen) atoms. The van der Waals surface area contributed by atoms with Crippen LogP contribution >= 0.6 is 0 Å². The van der Waals surface area contributed by atoms with Gasteiger partial charge in [0.25, 0.3) is 5.91 Å². The van der Waals surface area contributed by atoms with E-state index in [0.29, 0.717) is 9.87 Å². The Hall–Kier alpha value is -2.48. The largest absolute Gasteiger partial charge is 0.350 e. The molecule has 0 fully saturated rings. The number of benzene rings is 2. The Bertz CT molecular complexity index is 848. The van der Waals surface area contributed by atoms with Crippen LogP contribution in [0.3, 0.4) is 0 Å². The normalized spacial score (nSPS) is 11.2. The molecular formula is C17H18F2N2O3S. The molecule has 0 radical (unpaired) electrons. The van der Waals surface area contributed by atoms with Gasteiger partial charge in [0.2, 0.25) is 10.0 Å². The Labute approximate surface area is 145 Å². The zero-order valence-corrected chi connectivity index (χ0v) is 14.6. The second-order valence-corrected chi connectivity index (χ2v) is 7.43. The number of rotatable bonds is 6. The van der Waals surface area contributed by atoms with E-state index in [2.05, 4.69) is 5.32 Å². The van der Waals surface area contributed by atoms with E-state index >= 15 is 0 Å². The van der Waals surface area contributed by atoms with E-state index in [1.165, 1.54) is 0 Å². The lowest BCUT2D eigenvalue weighted by atomic mass is 10.1. The van der Waals surface area contributed by atoms with Crippen molar-refractivity contribution in [2.45, 2.75) is 6.92 Å². The molecule has 134 valence electrons. The SMILES string of the molecule is Cc1ccc(C(=O)NCCN(c2c(F)cccc2F)S(C)(=O)=O)cc1. The molecule has 0 aliphatic rings. The summed E-state index contributed by atoms with van der Waals surface area (Å²) in [6.45, 7) is 1.48. The molecule has 2 aromatic rings. The summed E-state index contributed by atoms with van der Waals surface area (Å²) >= 11 is 0. The van der Waals surface area contributed by atoms with Crippen LogP contribution < -0.4 is 9.62 Å². The van der Waals surface area contributed by atoms with Gasteiger partial charge in [-0.05, 0) is 31.2 Å². The summed E-state index contributed by atoms with van der Waals surface area (Å²) in [6.07, 6.45) is 0.848. The van der Waals surface area contributed by atoms with Crippen molar-refractivity contribution in [1.29, 1.82) is 0 Å². The molecule has 8 heteroatoms. The molecule has 0 saturated carbocycles. The minimum atomic E-state index is -3.93. The number of anilines is 1. The van der Waals surface area contributed by atoms with Crippen LogP contribution in [0.1, 0.15) is 15.9 Å². The van der Waals surface area contributed by atoms with Gasteiger partial charge in [-0.3, -0.25) is 9.10 Å². The molecule has 0 aliphatic heterocycles. The van der Waals surface area contributed by atoms with E-state index in [4.69, 9.17) is 0 Å². The number of amides is 1. The summed E-state index contributed by atoms with van der Waals surface area (Å²) in [5, 5.41) is 2.54. The van der Waals surface area contributed by atoms with Gasteiger partial charge in [-0.25, -0.2) is 17.2 Å². The standard InChI is InChI=1S/C17H18F2N2O3S/c1-12-6-8-13(9-7-12)17(22)20-10-11-21(25(2,23)24)16-14(18)4-3-5-15(16)19/h3-9H,10-11H2,1-2H3,(H,20,22). The predicted octanol–water partition coefficient (Wildman–Crippen LogP) is 2.47. The molecule has 0 aliphatic carbocycles. The van der Waals surface area contributed by atoms with Gasteiger partial charge in [-0.2, -0.15) is 0 Å². The number of hydrogen-bond donors (Lipinski definition) is 1. The molecule has 2 aromatic carbocycles. The fourth-order valence-corrected chi connectivity index (χ4v) is 3.18. The number of aryl methyl sites for hydroxylation is 1. The summed E-state index contributed by atoms with van der Waals surface area (Å²) in [5.41, 5.74) is 0.748. The second kappa shape index (κ2) is 7.60. The molecule has 2 rings (SSSR count). The number of carbonyl (C=O) groups excluding carboxylic acids is 1. The van der Waals surface area contributed by atoms with Crippen LogP contribution in [-0.2, 0) is 10.0 Å². The smallest absolute Gasteiger partial charge is 0.251 e. The van der Waals surface area contributed by atoms with E-state index in [-0.39, 0.29) is 13.1 Å². The first-order valence-electron chi connectivity index (χ1n) is 7.47. The molecule has 0 saturated heterocycles. The first-order chi connectivity index (χ1) is 11.7. The third-order valence-corrected chi connectivity index (χ3v) is 4.67. The zero-order valence-electron chi connectivity index (χ0n) is 13.8. The Morgan fingerprint density at radius 1 is 1.08 bits per heavy atom. The maximum absolute atomic E-state index is 13.9. The molecule has 0 atom stereocenters. The highest BCUT2D eigenvalue weighted by Crippen LogP contribution is 2.24. The zero-order chi connectivity index (χ0) is 18.6. The summed E-state index contributed by atoms with van der Waals surface area (Å²) < 4.78 is 52.2. The van der Waals surface area contributed by atoms with Crippen LogP contribution in [0.4, 0.5) is 14.5 Å². The fourth-order valence-electron chi connectivity index (χ4n) is 2.25. The van der Waals surface area contributed by atoms with Gasteiger partial charge >= 0.3 is 0 Å². The first-order valence-corrected chi connectivity index (χ1v) is 9.31. The maximum Gasteiger partial charge on any atom is 0.251 e. The molecule has 0 unspecified atom stereocenters. The third kappa shape index (κ3) is 4.76. The Morgan fingerprint density at radius 2 is 1.64 bits per heavy atom. The van der Waals surface area contributed by atoms with E-state index in [9.17, 15) is 22.0 Å². The number of nitrogens with one attached hydrogen (secondary N) is 1. The Balaban J connectivity index is 2.12. The lowest BCUT2D eigenvalue weighted by molar-refractivity contribution is 0.0955. The van der Waals surface area contributed by atoms with Crippen molar-refractivity contribution in [2.75, 3.05) is 23.7 Å². The monoisotopic (exact) mass is 368 g/mol. The number of sulfonamides is 1. The second-order valence-electron chi connectivity index (χ2n) is 5.53. The van der Waals surface area contributed by atoms with Crippen molar-refractivity contribution in [3.8, 4) is 0 Å². The van der Waals surface area contributed by atoms with E-state index in [0.717, 1.165) is 30.0 Å². The van der Waals surface area contributed by atoms with Crippen LogP contribution in [-0.4, -0.2) is 33.7 Å². The Kier molecular flexibility index (Phi) is 5.73. The molecule has 0 spiro atoms. The average Bonchev–Trinajstić information content (AvgIpc) is 2.52. The highest BCUT2D eigenvalue weighted by atomic mass is 32.2. The van der Waals surface area contributed by atoms with Crippen molar-refractivity contribution in [3.05, 3.63) is 65.2 Å². The summed E-state index contributed by atoms with van der Waals surface area (Å²) in [6, 6.07) is 9.90. The average molecular weight is 368 g/mol. The van der Waals surface area contributed by atoms with Gasteiger partial charge in [-0.15, -0.1) is 0 Å². The van der Waals surface area contributed by atoms with Gasteiger partial charge in [0.05, 0.1) is 12.8 Å². The number of hydrogen-bond acceptors (Lipinski definition) is 3. The molecule has 0 bridgehead atoms. The quantitative estimate of drug-likeness (QED) is 0.852. The third-order valence-electron chi connectivity index (χ3n) is 3.50. The first kappa shape index (κ1) is 18.9. The number of para-hydroxylation sites is 1. The molecule has 1 N–H and O–H groups in total. The number of carbonyl (C=O) groups is 1. The van der Waals surface area contributed by atoms with Gasteiger partial charge < -0.3 is 5.32 Å². The molecule has 0 heterocycles. The van der Waals surface area contributed by atoms with Crippen LogP contribution in [0.5, 0.6) is 0 Å².